The maximum Gasteiger partial charge on any atom is 0.389 e. The third-order valence-corrected chi connectivity index (χ3v) is 3.61. The van der Waals surface area contributed by atoms with Crippen LogP contribution in [0.2, 0.25) is 5.02 Å². The van der Waals surface area contributed by atoms with Crippen LogP contribution in [0, 0.1) is 15.9 Å². The molecule has 12 heteroatoms. The summed E-state index contributed by atoms with van der Waals surface area (Å²) in [6.07, 6.45) is 2.70. The number of aromatic nitrogens is 5. The van der Waals surface area contributed by atoms with Crippen molar-refractivity contribution in [2.24, 2.45) is 0 Å². The lowest BCUT2D eigenvalue weighted by Crippen LogP contribution is -2.20. The van der Waals surface area contributed by atoms with Crippen LogP contribution in [0.1, 0.15) is 5.56 Å². The molecule has 0 aliphatic carbocycles. The lowest BCUT2D eigenvalue weighted by atomic mass is 10.2. The van der Waals surface area contributed by atoms with E-state index in [-0.39, 0.29) is 29.9 Å². The number of anilines is 1. The van der Waals surface area contributed by atoms with Crippen molar-refractivity contribution in [1.82, 2.24) is 24.5 Å². The number of carbonyl (C=O) groups is 1. The highest BCUT2D eigenvalue weighted by atomic mass is 35.5. The molecule has 1 N–H and O–H groups in total. The van der Waals surface area contributed by atoms with Crippen LogP contribution in [0.5, 0.6) is 0 Å². The van der Waals surface area contributed by atoms with Crippen molar-refractivity contribution in [2.45, 2.75) is 13.1 Å². The lowest BCUT2D eigenvalue weighted by Gasteiger charge is -2.04. The van der Waals surface area contributed by atoms with Crippen LogP contribution in [-0.2, 0) is 17.9 Å². The molecule has 134 valence electrons. The number of rotatable bonds is 6. The van der Waals surface area contributed by atoms with Gasteiger partial charge in [0.15, 0.2) is 0 Å². The van der Waals surface area contributed by atoms with Crippen LogP contribution in [0.3, 0.4) is 0 Å². The fourth-order valence-corrected chi connectivity index (χ4v) is 2.33. The van der Waals surface area contributed by atoms with E-state index < -0.39 is 16.6 Å². The van der Waals surface area contributed by atoms with Crippen molar-refractivity contribution in [3.05, 3.63) is 63.3 Å². The van der Waals surface area contributed by atoms with Crippen LogP contribution < -0.4 is 5.32 Å². The van der Waals surface area contributed by atoms with Crippen molar-refractivity contribution < 1.29 is 14.1 Å². The third-order valence-electron chi connectivity index (χ3n) is 3.25. The van der Waals surface area contributed by atoms with E-state index in [2.05, 4.69) is 20.5 Å². The van der Waals surface area contributed by atoms with Gasteiger partial charge in [0.25, 0.3) is 5.91 Å². The number of amides is 1. The van der Waals surface area contributed by atoms with Gasteiger partial charge in [0, 0.05) is 5.02 Å². The molecule has 0 aliphatic rings. The van der Waals surface area contributed by atoms with E-state index in [1.54, 1.807) is 0 Å². The van der Waals surface area contributed by atoms with Crippen molar-refractivity contribution in [1.29, 1.82) is 0 Å². The highest BCUT2D eigenvalue weighted by Gasteiger charge is 2.14. The smallest absolute Gasteiger partial charge is 0.358 e. The number of hydrogen-bond donors (Lipinski definition) is 1. The van der Waals surface area contributed by atoms with E-state index >= 15 is 0 Å². The highest BCUT2D eigenvalue weighted by molar-refractivity contribution is 6.31. The van der Waals surface area contributed by atoms with E-state index in [0.717, 1.165) is 4.68 Å². The first-order chi connectivity index (χ1) is 12.4. The minimum Gasteiger partial charge on any atom is -0.358 e. The van der Waals surface area contributed by atoms with Gasteiger partial charge >= 0.3 is 5.82 Å². The minimum atomic E-state index is -0.655. The average molecular weight is 380 g/mol. The number of nitrogens with zero attached hydrogens (tertiary/aromatic N) is 6. The predicted molar refractivity (Wildman–Crippen MR) is 88.0 cm³/mol. The zero-order valence-corrected chi connectivity index (χ0v) is 13.8. The molecule has 0 saturated carbocycles. The summed E-state index contributed by atoms with van der Waals surface area (Å²) in [4.78, 5) is 25.8. The molecule has 0 aliphatic heterocycles. The van der Waals surface area contributed by atoms with Crippen LogP contribution >= 0.6 is 11.6 Å². The van der Waals surface area contributed by atoms with Crippen molar-refractivity contribution >= 4 is 29.3 Å². The first-order valence-corrected chi connectivity index (χ1v) is 7.59. The molecule has 0 radical (unpaired) electrons. The molecule has 26 heavy (non-hydrogen) atoms. The summed E-state index contributed by atoms with van der Waals surface area (Å²) in [5.74, 6) is -1.24. The zero-order chi connectivity index (χ0) is 18.7. The number of nitrogens with one attached hydrogen (secondary N) is 1. The summed E-state index contributed by atoms with van der Waals surface area (Å²) >= 11 is 5.96. The topological polar surface area (TPSA) is 121 Å². The van der Waals surface area contributed by atoms with Gasteiger partial charge in [-0.15, -0.1) is 5.10 Å². The molecule has 2 aromatic heterocycles. The molecular weight excluding hydrogens is 369 g/mol. The van der Waals surface area contributed by atoms with Gasteiger partial charge in [0.1, 0.15) is 18.7 Å². The molecule has 1 amide bonds. The van der Waals surface area contributed by atoms with Crippen LogP contribution in [0.4, 0.5) is 16.2 Å². The van der Waals surface area contributed by atoms with Gasteiger partial charge in [-0.1, -0.05) is 17.7 Å². The Balaban J connectivity index is 1.60. The SMILES string of the molecule is O=C(Cn1ccc([N+](=O)[O-])n1)Nc1ncn(Cc2ccc(F)cc2Cl)n1. The quantitative estimate of drug-likeness (QED) is 0.515. The molecule has 3 rings (SSSR count). The van der Waals surface area contributed by atoms with E-state index in [1.807, 2.05) is 0 Å². The molecule has 0 unspecified atom stereocenters. The summed E-state index contributed by atoms with van der Waals surface area (Å²) in [6, 6.07) is 5.19. The first kappa shape index (κ1) is 17.5. The molecule has 3 aromatic rings. The Hall–Kier alpha value is -3.34. The van der Waals surface area contributed by atoms with Crippen molar-refractivity contribution in [3.8, 4) is 0 Å². The maximum absolute atomic E-state index is 13.0. The zero-order valence-electron chi connectivity index (χ0n) is 13.0. The Labute approximate surface area is 150 Å². The van der Waals surface area contributed by atoms with Crippen LogP contribution in [0.15, 0.2) is 36.8 Å². The normalized spacial score (nSPS) is 10.7. The molecule has 10 nitrogen and oxygen atoms in total. The Bertz CT molecular complexity index is 971. The van der Waals surface area contributed by atoms with Crippen molar-refractivity contribution in [3.63, 3.8) is 0 Å². The summed E-state index contributed by atoms with van der Waals surface area (Å²) < 4.78 is 15.6. The third kappa shape index (κ3) is 4.19. The van der Waals surface area contributed by atoms with Crippen molar-refractivity contribution in [2.75, 3.05) is 5.32 Å². The minimum absolute atomic E-state index is 0.0508. The van der Waals surface area contributed by atoms with Gasteiger partial charge < -0.3 is 10.1 Å². The summed E-state index contributed by atoms with van der Waals surface area (Å²) in [6.45, 7) is 0.0134. The standard InChI is InChI=1S/C14H11ClFN7O3/c15-11-5-10(16)2-1-9(11)6-22-8-17-14(20-22)18-13(24)7-21-4-3-12(19-21)23(25)26/h1-5,8H,6-7H2,(H,18,20,24). The Morgan fingerprint density at radius 3 is 2.81 bits per heavy atom. The van der Waals surface area contributed by atoms with E-state index in [1.165, 1.54) is 41.5 Å². The molecule has 0 saturated heterocycles. The average Bonchev–Trinajstić information content (AvgIpc) is 3.20. The van der Waals surface area contributed by atoms with Gasteiger partial charge in [-0.05, 0) is 22.6 Å². The number of halogens is 2. The fourth-order valence-electron chi connectivity index (χ4n) is 2.10. The molecule has 0 atom stereocenters. The molecule has 0 spiro atoms. The Morgan fingerprint density at radius 2 is 2.12 bits per heavy atom. The summed E-state index contributed by atoms with van der Waals surface area (Å²) in [5, 5.41) is 21.0. The van der Waals surface area contributed by atoms with E-state index in [0.29, 0.717) is 5.56 Å². The second kappa shape index (κ2) is 7.27. The largest absolute Gasteiger partial charge is 0.389 e. The van der Waals surface area contributed by atoms with Gasteiger partial charge in [-0.3, -0.25) is 10.1 Å². The lowest BCUT2D eigenvalue weighted by molar-refractivity contribution is -0.389. The number of benzene rings is 1. The maximum atomic E-state index is 13.0. The van der Waals surface area contributed by atoms with E-state index in [4.69, 9.17) is 11.6 Å². The second-order valence-corrected chi connectivity index (χ2v) is 5.59. The fraction of sp³-hybridized carbons (Fsp3) is 0.143. The van der Waals surface area contributed by atoms with Gasteiger partial charge in [0.2, 0.25) is 5.95 Å². The van der Waals surface area contributed by atoms with Gasteiger partial charge in [0.05, 0.1) is 23.9 Å². The Kier molecular flexibility index (Phi) is 4.89. The summed E-state index contributed by atoms with van der Waals surface area (Å²) in [5.41, 5.74) is 0.639. The molecular formula is C14H11ClFN7O3. The molecule has 0 fully saturated rings. The van der Waals surface area contributed by atoms with Crippen LogP contribution in [0.25, 0.3) is 0 Å². The van der Waals surface area contributed by atoms with Gasteiger partial charge in [-0.2, -0.15) is 4.68 Å². The monoisotopic (exact) mass is 379 g/mol. The number of hydrogen-bond acceptors (Lipinski definition) is 6. The highest BCUT2D eigenvalue weighted by Crippen LogP contribution is 2.18. The molecule has 0 bridgehead atoms. The van der Waals surface area contributed by atoms with Crippen LogP contribution in [-0.4, -0.2) is 35.4 Å². The number of nitro groups is 1. The molecule has 2 heterocycles. The molecule has 1 aromatic carbocycles. The first-order valence-electron chi connectivity index (χ1n) is 7.22. The Morgan fingerprint density at radius 1 is 1.31 bits per heavy atom. The van der Waals surface area contributed by atoms with Gasteiger partial charge in [-0.25, -0.2) is 14.1 Å². The van der Waals surface area contributed by atoms with E-state index in [9.17, 15) is 19.3 Å². The predicted octanol–water partition coefficient (Wildman–Crippen LogP) is 1.86. The number of carbonyl (C=O) groups excluding carboxylic acids is 1. The second-order valence-electron chi connectivity index (χ2n) is 5.18. The summed E-state index contributed by atoms with van der Waals surface area (Å²) in [7, 11) is 0.